The van der Waals surface area contributed by atoms with Crippen LogP contribution in [-0.4, -0.2) is 28.5 Å². The molecule has 1 aliphatic rings. The smallest absolute Gasteiger partial charge is 0.270 e. The average Bonchev–Trinajstić information content (AvgIpc) is 3.19. The first-order valence-electron chi connectivity index (χ1n) is 8.64. The van der Waals surface area contributed by atoms with E-state index in [1.807, 2.05) is 33.7 Å². The SMILES string of the molecule is Cc1ccccc1Cn1c(C(=O)N2CCCCC2)cc2ccoc21. The molecule has 1 amide bonds. The lowest BCUT2D eigenvalue weighted by Gasteiger charge is -2.27. The summed E-state index contributed by atoms with van der Waals surface area (Å²) < 4.78 is 7.69. The number of likely N-dealkylation sites (tertiary alicyclic amines) is 1. The number of hydrogen-bond donors (Lipinski definition) is 0. The number of aromatic nitrogens is 1. The lowest BCUT2D eigenvalue weighted by Crippen LogP contribution is -2.36. The van der Waals surface area contributed by atoms with E-state index in [0.717, 1.165) is 42.7 Å². The van der Waals surface area contributed by atoms with Crippen molar-refractivity contribution in [1.29, 1.82) is 0 Å². The van der Waals surface area contributed by atoms with E-state index in [4.69, 9.17) is 4.42 Å². The molecule has 0 spiro atoms. The fourth-order valence-corrected chi connectivity index (χ4v) is 3.53. The van der Waals surface area contributed by atoms with E-state index in [9.17, 15) is 4.79 Å². The highest BCUT2D eigenvalue weighted by Crippen LogP contribution is 2.25. The minimum absolute atomic E-state index is 0.120. The fourth-order valence-electron chi connectivity index (χ4n) is 3.53. The molecule has 1 fully saturated rings. The molecule has 0 saturated carbocycles. The number of fused-ring (bicyclic) bond motifs is 1. The number of nitrogens with zero attached hydrogens (tertiary/aromatic N) is 2. The Kier molecular flexibility index (Phi) is 3.89. The Morgan fingerprint density at radius 2 is 1.92 bits per heavy atom. The highest BCUT2D eigenvalue weighted by molar-refractivity contribution is 5.97. The predicted molar refractivity (Wildman–Crippen MR) is 94.2 cm³/mol. The van der Waals surface area contributed by atoms with E-state index in [0.29, 0.717) is 6.54 Å². The predicted octanol–water partition coefficient (Wildman–Crippen LogP) is 4.22. The number of amides is 1. The molecule has 2 aromatic heterocycles. The molecule has 0 aliphatic carbocycles. The van der Waals surface area contributed by atoms with Crippen LogP contribution in [0.4, 0.5) is 0 Å². The molecule has 1 aromatic carbocycles. The summed E-state index contributed by atoms with van der Waals surface area (Å²) in [6, 6.07) is 12.2. The first kappa shape index (κ1) is 15.1. The zero-order chi connectivity index (χ0) is 16.5. The number of aryl methyl sites for hydroxylation is 1. The monoisotopic (exact) mass is 322 g/mol. The molecular weight excluding hydrogens is 300 g/mol. The lowest BCUT2D eigenvalue weighted by molar-refractivity contribution is 0.0714. The summed E-state index contributed by atoms with van der Waals surface area (Å²) >= 11 is 0. The number of carbonyl (C=O) groups is 1. The number of carbonyl (C=O) groups excluding carboxylic acids is 1. The third kappa shape index (κ3) is 2.62. The van der Waals surface area contributed by atoms with Gasteiger partial charge in [0, 0.05) is 18.5 Å². The zero-order valence-electron chi connectivity index (χ0n) is 14.0. The van der Waals surface area contributed by atoms with Gasteiger partial charge in [-0.1, -0.05) is 24.3 Å². The third-order valence-electron chi connectivity index (χ3n) is 4.95. The van der Waals surface area contributed by atoms with Crippen molar-refractivity contribution in [2.24, 2.45) is 0 Å². The van der Waals surface area contributed by atoms with Crippen molar-refractivity contribution in [3.8, 4) is 0 Å². The Balaban J connectivity index is 1.74. The minimum atomic E-state index is 0.120. The van der Waals surface area contributed by atoms with Gasteiger partial charge in [-0.3, -0.25) is 4.79 Å². The van der Waals surface area contributed by atoms with Gasteiger partial charge in [0.05, 0.1) is 12.8 Å². The molecule has 4 heteroatoms. The molecule has 24 heavy (non-hydrogen) atoms. The van der Waals surface area contributed by atoms with Crippen LogP contribution in [0.5, 0.6) is 0 Å². The summed E-state index contributed by atoms with van der Waals surface area (Å²) in [5, 5.41) is 0.990. The van der Waals surface area contributed by atoms with Gasteiger partial charge in [-0.15, -0.1) is 0 Å². The second kappa shape index (κ2) is 6.19. The molecule has 124 valence electrons. The molecular formula is C20H22N2O2. The molecule has 1 aliphatic heterocycles. The van der Waals surface area contributed by atoms with Crippen molar-refractivity contribution in [1.82, 2.24) is 9.47 Å². The van der Waals surface area contributed by atoms with Gasteiger partial charge in [0.2, 0.25) is 5.71 Å². The first-order valence-corrected chi connectivity index (χ1v) is 8.64. The van der Waals surface area contributed by atoms with Gasteiger partial charge >= 0.3 is 0 Å². The lowest BCUT2D eigenvalue weighted by atomic mass is 10.1. The molecule has 4 rings (SSSR count). The van der Waals surface area contributed by atoms with Gasteiger partial charge in [0.15, 0.2) is 0 Å². The summed E-state index contributed by atoms with van der Waals surface area (Å²) in [6.45, 7) is 4.47. The maximum Gasteiger partial charge on any atom is 0.270 e. The largest absolute Gasteiger partial charge is 0.448 e. The second-order valence-corrected chi connectivity index (χ2v) is 6.58. The maximum atomic E-state index is 13.0. The van der Waals surface area contributed by atoms with Crippen LogP contribution in [0.25, 0.3) is 11.1 Å². The Bertz CT molecular complexity index is 869. The van der Waals surface area contributed by atoms with E-state index in [-0.39, 0.29) is 5.91 Å². The zero-order valence-corrected chi connectivity index (χ0v) is 14.0. The topological polar surface area (TPSA) is 38.4 Å². The van der Waals surface area contributed by atoms with Crippen molar-refractivity contribution < 1.29 is 9.21 Å². The first-order chi connectivity index (χ1) is 11.7. The highest BCUT2D eigenvalue weighted by atomic mass is 16.3. The van der Waals surface area contributed by atoms with Crippen molar-refractivity contribution in [3.63, 3.8) is 0 Å². The molecule has 1 saturated heterocycles. The highest BCUT2D eigenvalue weighted by Gasteiger charge is 2.24. The summed E-state index contributed by atoms with van der Waals surface area (Å²) in [7, 11) is 0. The van der Waals surface area contributed by atoms with Crippen LogP contribution < -0.4 is 0 Å². The van der Waals surface area contributed by atoms with E-state index in [1.165, 1.54) is 17.5 Å². The third-order valence-corrected chi connectivity index (χ3v) is 4.95. The number of rotatable bonds is 3. The minimum Gasteiger partial charge on any atom is -0.448 e. The van der Waals surface area contributed by atoms with Crippen LogP contribution in [0.3, 0.4) is 0 Å². The Morgan fingerprint density at radius 1 is 1.12 bits per heavy atom. The normalized spacial score (nSPS) is 15.1. The van der Waals surface area contributed by atoms with Gasteiger partial charge in [-0.25, -0.2) is 0 Å². The number of piperidine rings is 1. The maximum absolute atomic E-state index is 13.0. The molecule has 4 nitrogen and oxygen atoms in total. The van der Waals surface area contributed by atoms with E-state index in [2.05, 4.69) is 19.1 Å². The average molecular weight is 322 g/mol. The number of hydrogen-bond acceptors (Lipinski definition) is 2. The second-order valence-electron chi connectivity index (χ2n) is 6.58. The Hall–Kier alpha value is -2.49. The number of furan rings is 1. The summed E-state index contributed by atoms with van der Waals surface area (Å²) in [5.74, 6) is 0.120. The van der Waals surface area contributed by atoms with Gasteiger partial charge < -0.3 is 13.9 Å². The standard InChI is InChI=1S/C20H22N2O2/c1-15-7-3-4-8-17(15)14-22-18(13-16-9-12-24-20(16)22)19(23)21-10-5-2-6-11-21/h3-4,7-9,12-13H,2,5-6,10-11,14H2,1H3. The van der Waals surface area contributed by atoms with Gasteiger partial charge in [0.1, 0.15) is 5.69 Å². The van der Waals surface area contributed by atoms with Crippen LogP contribution in [0, 0.1) is 6.92 Å². The number of benzene rings is 1. The van der Waals surface area contributed by atoms with Crippen molar-refractivity contribution in [2.75, 3.05) is 13.1 Å². The van der Waals surface area contributed by atoms with Crippen molar-refractivity contribution in [3.05, 3.63) is 59.5 Å². The summed E-state index contributed by atoms with van der Waals surface area (Å²) in [6.07, 6.45) is 5.10. The molecule has 3 heterocycles. The fraction of sp³-hybridized carbons (Fsp3) is 0.350. The molecule has 3 aromatic rings. The van der Waals surface area contributed by atoms with E-state index < -0.39 is 0 Å². The molecule has 0 N–H and O–H groups in total. The Labute approximate surface area is 141 Å². The molecule has 0 radical (unpaired) electrons. The van der Waals surface area contributed by atoms with Crippen molar-refractivity contribution in [2.45, 2.75) is 32.7 Å². The molecule has 0 atom stereocenters. The van der Waals surface area contributed by atoms with E-state index >= 15 is 0 Å². The van der Waals surface area contributed by atoms with E-state index in [1.54, 1.807) is 6.26 Å². The quantitative estimate of drug-likeness (QED) is 0.724. The van der Waals surface area contributed by atoms with Crippen LogP contribution >= 0.6 is 0 Å². The van der Waals surface area contributed by atoms with Crippen LogP contribution in [-0.2, 0) is 6.54 Å². The van der Waals surface area contributed by atoms with Crippen LogP contribution in [0.2, 0.25) is 0 Å². The van der Waals surface area contributed by atoms with Gasteiger partial charge in [-0.05, 0) is 49.4 Å². The van der Waals surface area contributed by atoms with Crippen molar-refractivity contribution >= 4 is 17.0 Å². The summed E-state index contributed by atoms with van der Waals surface area (Å²) in [4.78, 5) is 15.0. The molecule has 0 unspecified atom stereocenters. The van der Waals surface area contributed by atoms with Gasteiger partial charge in [0.25, 0.3) is 5.91 Å². The molecule has 0 bridgehead atoms. The van der Waals surface area contributed by atoms with Gasteiger partial charge in [-0.2, -0.15) is 0 Å². The summed E-state index contributed by atoms with van der Waals surface area (Å²) in [5.41, 5.74) is 3.94. The van der Waals surface area contributed by atoms with Crippen LogP contribution in [0.15, 0.2) is 47.1 Å². The van der Waals surface area contributed by atoms with Crippen LogP contribution in [0.1, 0.15) is 40.9 Å². The Morgan fingerprint density at radius 3 is 2.71 bits per heavy atom.